The molecule has 1 rings (SSSR count). The van der Waals surface area contributed by atoms with Crippen LogP contribution in [-0.4, -0.2) is 86.2 Å². The summed E-state index contributed by atoms with van der Waals surface area (Å²) in [6, 6.07) is -4.54. The summed E-state index contributed by atoms with van der Waals surface area (Å²) in [4.78, 5) is 56.5. The fourth-order valence-corrected chi connectivity index (χ4v) is 3.56. The van der Waals surface area contributed by atoms with E-state index in [1.807, 2.05) is 13.2 Å². The quantitative estimate of drug-likeness (QED) is 0.158. The Balaban J connectivity index is 2.91. The van der Waals surface area contributed by atoms with E-state index in [1.165, 1.54) is 25.0 Å². The van der Waals surface area contributed by atoms with E-state index < -0.39 is 54.0 Å². The van der Waals surface area contributed by atoms with E-state index in [4.69, 9.17) is 5.73 Å². The molecule has 192 valence electrons. The predicted octanol–water partition coefficient (Wildman–Crippen LogP) is -1.00. The highest BCUT2D eigenvalue weighted by Gasteiger charge is 2.34. The molecular weight excluding hydrogens is 464 g/mol. The molecule has 34 heavy (non-hydrogen) atoms. The van der Waals surface area contributed by atoms with Crippen LogP contribution in [0.2, 0.25) is 0 Å². The summed E-state index contributed by atoms with van der Waals surface area (Å²) in [7, 11) is 0. The summed E-state index contributed by atoms with van der Waals surface area (Å²) in [6.07, 6.45) is 4.41. The van der Waals surface area contributed by atoms with Gasteiger partial charge in [0.2, 0.25) is 17.7 Å². The molecule has 0 aliphatic carbocycles. The average Bonchev–Trinajstić information content (AvgIpc) is 3.29. The molecule has 0 saturated carbocycles. The first-order valence-corrected chi connectivity index (χ1v) is 12.4. The first kappa shape index (κ1) is 29.4. The van der Waals surface area contributed by atoms with Gasteiger partial charge in [-0.3, -0.25) is 14.4 Å². The number of thioether (sulfide) groups is 1. The van der Waals surface area contributed by atoms with Gasteiger partial charge in [-0.2, -0.15) is 11.8 Å². The molecule has 0 aliphatic heterocycles. The number of carboxylic acids is 1. The molecule has 6 atom stereocenters. The third-order valence-electron chi connectivity index (χ3n) is 5.41. The van der Waals surface area contributed by atoms with Gasteiger partial charge in [0, 0.05) is 18.3 Å². The first-order valence-electron chi connectivity index (χ1n) is 11.0. The van der Waals surface area contributed by atoms with Crippen LogP contribution >= 0.6 is 11.8 Å². The summed E-state index contributed by atoms with van der Waals surface area (Å²) in [5.41, 5.74) is 6.63. The predicted molar refractivity (Wildman–Crippen MR) is 128 cm³/mol. The van der Waals surface area contributed by atoms with Crippen LogP contribution in [0.5, 0.6) is 0 Å². The molecule has 8 N–H and O–H groups in total. The zero-order valence-electron chi connectivity index (χ0n) is 19.9. The Morgan fingerprint density at radius 2 is 1.74 bits per heavy atom. The van der Waals surface area contributed by atoms with Crippen molar-refractivity contribution in [3.63, 3.8) is 0 Å². The minimum Gasteiger partial charge on any atom is -0.480 e. The molecule has 0 bridgehead atoms. The van der Waals surface area contributed by atoms with Crippen LogP contribution in [0.4, 0.5) is 0 Å². The monoisotopic (exact) mass is 500 g/mol. The summed E-state index contributed by atoms with van der Waals surface area (Å²) in [5, 5.41) is 26.9. The number of nitrogens with two attached hydrogens (primary N) is 1. The maximum Gasteiger partial charge on any atom is 0.326 e. The van der Waals surface area contributed by atoms with Gasteiger partial charge in [0.05, 0.1) is 18.5 Å². The minimum atomic E-state index is -1.41. The number of hydrogen-bond donors (Lipinski definition) is 7. The number of aliphatic hydroxyl groups excluding tert-OH is 1. The van der Waals surface area contributed by atoms with Crippen molar-refractivity contribution >= 4 is 35.5 Å². The number of carbonyl (C=O) groups is 4. The van der Waals surface area contributed by atoms with Gasteiger partial charge in [0.15, 0.2) is 0 Å². The van der Waals surface area contributed by atoms with Crippen molar-refractivity contribution in [3.05, 3.63) is 18.2 Å². The number of aromatic nitrogens is 2. The number of aliphatic carboxylic acids is 1. The molecule has 0 saturated heterocycles. The molecule has 0 fully saturated rings. The molecule has 1 aromatic rings. The van der Waals surface area contributed by atoms with E-state index in [2.05, 4.69) is 25.9 Å². The van der Waals surface area contributed by atoms with E-state index in [0.717, 1.165) is 0 Å². The van der Waals surface area contributed by atoms with E-state index >= 15 is 0 Å². The number of nitrogens with zero attached hydrogens (tertiary/aromatic N) is 1. The van der Waals surface area contributed by atoms with Crippen LogP contribution in [0.25, 0.3) is 0 Å². The van der Waals surface area contributed by atoms with E-state index in [0.29, 0.717) is 17.9 Å². The SMILES string of the molecule is CCC(C)C(NC(=O)C(N)Cc1cnc[nH]1)C(=O)NC(C(=O)NC(CCSC)C(=O)O)C(C)O. The number of aromatic amines is 1. The largest absolute Gasteiger partial charge is 0.480 e. The molecule has 6 unspecified atom stereocenters. The van der Waals surface area contributed by atoms with E-state index in [1.54, 1.807) is 13.1 Å². The number of hydrogen-bond acceptors (Lipinski definition) is 8. The number of nitrogens with one attached hydrogen (secondary N) is 4. The minimum absolute atomic E-state index is 0.183. The summed E-state index contributed by atoms with van der Waals surface area (Å²) in [6.45, 7) is 4.90. The van der Waals surface area contributed by atoms with Crippen molar-refractivity contribution in [2.45, 2.75) is 70.3 Å². The molecule has 3 amide bonds. The van der Waals surface area contributed by atoms with E-state index in [9.17, 15) is 29.4 Å². The Morgan fingerprint density at radius 3 is 2.24 bits per heavy atom. The normalized spacial score (nSPS) is 16.4. The fraction of sp³-hybridized carbons (Fsp3) is 0.667. The van der Waals surface area contributed by atoms with Gasteiger partial charge in [-0.05, 0) is 31.3 Å². The second kappa shape index (κ2) is 14.6. The highest BCUT2D eigenvalue weighted by atomic mass is 32.2. The Labute approximate surface area is 203 Å². The third kappa shape index (κ3) is 9.31. The van der Waals surface area contributed by atoms with Gasteiger partial charge in [-0.25, -0.2) is 9.78 Å². The number of carbonyl (C=O) groups excluding carboxylic acids is 3. The molecule has 13 heteroatoms. The lowest BCUT2D eigenvalue weighted by Gasteiger charge is -2.29. The summed E-state index contributed by atoms with van der Waals surface area (Å²) in [5.74, 6) is -3.10. The number of carboxylic acid groups (broad SMARTS) is 1. The van der Waals surface area contributed by atoms with Gasteiger partial charge in [-0.1, -0.05) is 20.3 Å². The van der Waals surface area contributed by atoms with Crippen LogP contribution < -0.4 is 21.7 Å². The van der Waals surface area contributed by atoms with Crippen LogP contribution in [-0.2, 0) is 25.6 Å². The van der Waals surface area contributed by atoms with Crippen molar-refractivity contribution in [2.24, 2.45) is 11.7 Å². The number of rotatable bonds is 15. The van der Waals surface area contributed by atoms with Gasteiger partial charge in [-0.15, -0.1) is 0 Å². The van der Waals surface area contributed by atoms with Gasteiger partial charge < -0.3 is 36.9 Å². The summed E-state index contributed by atoms with van der Waals surface area (Å²) >= 11 is 1.43. The van der Waals surface area contributed by atoms with Gasteiger partial charge in [0.25, 0.3) is 0 Å². The zero-order chi connectivity index (χ0) is 25.8. The van der Waals surface area contributed by atoms with Crippen molar-refractivity contribution in [3.8, 4) is 0 Å². The van der Waals surface area contributed by atoms with E-state index in [-0.39, 0.29) is 18.8 Å². The summed E-state index contributed by atoms with van der Waals surface area (Å²) < 4.78 is 0. The van der Waals surface area contributed by atoms with Crippen molar-refractivity contribution in [1.82, 2.24) is 25.9 Å². The number of aliphatic hydroxyl groups is 1. The standard InChI is InChI=1S/C21H36N6O6S/c1-5-11(2)16(26-18(29)14(22)8-13-9-23-10-24-13)19(30)27-17(12(3)28)20(31)25-15(21(32)33)6-7-34-4/h9-12,14-17,28H,5-8,22H2,1-4H3,(H,23,24)(H,25,31)(H,26,29)(H,27,30)(H,32,33). The Kier molecular flexibility index (Phi) is 12.6. The number of H-pyrrole nitrogens is 1. The van der Waals surface area contributed by atoms with Gasteiger partial charge in [0.1, 0.15) is 18.1 Å². The maximum absolute atomic E-state index is 13.0. The molecule has 1 heterocycles. The lowest BCUT2D eigenvalue weighted by atomic mass is 9.97. The maximum atomic E-state index is 13.0. The topological polar surface area (TPSA) is 200 Å². The molecule has 0 spiro atoms. The van der Waals surface area contributed by atoms with Crippen LogP contribution in [0.15, 0.2) is 12.5 Å². The second-order valence-electron chi connectivity index (χ2n) is 8.17. The highest BCUT2D eigenvalue weighted by molar-refractivity contribution is 7.98. The van der Waals surface area contributed by atoms with Crippen molar-refractivity contribution < 1.29 is 29.4 Å². The lowest BCUT2D eigenvalue weighted by Crippen LogP contribution is -2.61. The van der Waals surface area contributed by atoms with Crippen LogP contribution in [0, 0.1) is 5.92 Å². The number of imidazole rings is 1. The Bertz CT molecular complexity index is 806. The molecule has 0 aromatic carbocycles. The second-order valence-corrected chi connectivity index (χ2v) is 9.15. The molecule has 0 radical (unpaired) electrons. The smallest absolute Gasteiger partial charge is 0.326 e. The lowest BCUT2D eigenvalue weighted by molar-refractivity contribution is -0.143. The third-order valence-corrected chi connectivity index (χ3v) is 6.06. The molecular formula is C21H36N6O6S. The van der Waals surface area contributed by atoms with Crippen molar-refractivity contribution in [2.75, 3.05) is 12.0 Å². The average molecular weight is 501 g/mol. The first-order chi connectivity index (χ1) is 16.0. The van der Waals surface area contributed by atoms with Crippen LogP contribution in [0.1, 0.15) is 39.3 Å². The van der Waals surface area contributed by atoms with Gasteiger partial charge >= 0.3 is 5.97 Å². The number of amides is 3. The zero-order valence-corrected chi connectivity index (χ0v) is 20.7. The molecule has 0 aliphatic rings. The molecule has 12 nitrogen and oxygen atoms in total. The Hall–Kier alpha value is -2.64. The Morgan fingerprint density at radius 1 is 1.12 bits per heavy atom. The highest BCUT2D eigenvalue weighted by Crippen LogP contribution is 2.10. The van der Waals surface area contributed by atoms with Crippen molar-refractivity contribution in [1.29, 1.82) is 0 Å². The molecule has 1 aromatic heterocycles. The fourth-order valence-electron chi connectivity index (χ4n) is 3.09. The van der Waals surface area contributed by atoms with Crippen LogP contribution in [0.3, 0.4) is 0 Å².